The van der Waals surface area contributed by atoms with Crippen LogP contribution >= 0.6 is 15.9 Å². The van der Waals surface area contributed by atoms with Crippen molar-refractivity contribution < 1.29 is 18.3 Å². The molecule has 6 heteroatoms. The number of hydrogen-bond donors (Lipinski definition) is 1. The van der Waals surface area contributed by atoms with Gasteiger partial charge in [0.15, 0.2) is 0 Å². The third kappa shape index (κ3) is 3.43. The second kappa shape index (κ2) is 5.45. The first-order valence-electron chi connectivity index (χ1n) is 6.02. The van der Waals surface area contributed by atoms with Gasteiger partial charge in [0.1, 0.15) is 5.75 Å². The highest BCUT2D eigenvalue weighted by molar-refractivity contribution is 9.10. The van der Waals surface area contributed by atoms with Crippen LogP contribution < -0.4 is 10.1 Å². The summed E-state index contributed by atoms with van der Waals surface area (Å²) in [6.07, 6.45) is -0.585. The summed E-state index contributed by atoms with van der Waals surface area (Å²) in [5, 5.41) is 2.59. The number of amides is 1. The van der Waals surface area contributed by atoms with Gasteiger partial charge < -0.3 is 10.1 Å². The second-order valence-corrected chi connectivity index (χ2v) is 5.42. The van der Waals surface area contributed by atoms with Gasteiger partial charge in [-0.05, 0) is 25.1 Å². The summed E-state index contributed by atoms with van der Waals surface area (Å²) in [4.78, 5) is 12.0. The number of nitrogens with one attached hydrogen (secondary N) is 1. The molecule has 19 heavy (non-hydrogen) atoms. The average Bonchev–Trinajstić information content (AvgIpc) is 2.27. The number of halogens is 3. The number of benzene rings is 1. The highest BCUT2D eigenvalue weighted by atomic mass is 79.9. The Bertz CT molecular complexity index is 486. The zero-order valence-corrected chi connectivity index (χ0v) is 12.0. The van der Waals surface area contributed by atoms with Gasteiger partial charge in [-0.2, -0.15) is 0 Å². The maximum absolute atomic E-state index is 12.7. The number of alkyl halides is 2. The van der Waals surface area contributed by atoms with E-state index in [4.69, 9.17) is 4.74 Å². The molecule has 0 bridgehead atoms. The van der Waals surface area contributed by atoms with Gasteiger partial charge in [0.2, 0.25) is 0 Å². The summed E-state index contributed by atoms with van der Waals surface area (Å²) >= 11 is 3.30. The molecule has 2 rings (SSSR count). The minimum Gasteiger partial charge on any atom is -0.493 e. The number of carbonyl (C=O) groups excluding carboxylic acids is 1. The number of ether oxygens (including phenoxy) is 1. The summed E-state index contributed by atoms with van der Waals surface area (Å²) < 4.78 is 31.6. The molecule has 1 fully saturated rings. The number of rotatable bonds is 4. The van der Waals surface area contributed by atoms with Crippen molar-refractivity contribution in [3.8, 4) is 5.75 Å². The van der Waals surface area contributed by atoms with E-state index in [1.54, 1.807) is 18.2 Å². The van der Waals surface area contributed by atoms with Crippen molar-refractivity contribution in [1.29, 1.82) is 0 Å². The molecule has 3 nitrogen and oxygen atoms in total. The van der Waals surface area contributed by atoms with Crippen LogP contribution in [-0.2, 0) is 0 Å². The average molecular weight is 334 g/mol. The molecule has 0 atom stereocenters. The lowest BCUT2D eigenvalue weighted by atomic mass is 9.88. The van der Waals surface area contributed by atoms with E-state index < -0.39 is 12.0 Å². The van der Waals surface area contributed by atoms with E-state index in [9.17, 15) is 13.6 Å². The van der Waals surface area contributed by atoms with Crippen molar-refractivity contribution in [3.05, 3.63) is 28.2 Å². The standard InChI is InChI=1S/C13H14BrF2NO2/c1-2-19-11-5-8(14)3-4-10(11)12(18)17-9-6-13(15,16)7-9/h3-5,9H,2,6-7H2,1H3,(H,17,18). The van der Waals surface area contributed by atoms with Crippen LogP contribution in [0.2, 0.25) is 0 Å². The Morgan fingerprint density at radius 3 is 2.79 bits per heavy atom. The quantitative estimate of drug-likeness (QED) is 0.917. The van der Waals surface area contributed by atoms with Gasteiger partial charge in [0.25, 0.3) is 11.8 Å². The zero-order valence-electron chi connectivity index (χ0n) is 10.4. The van der Waals surface area contributed by atoms with Crippen LogP contribution in [0.4, 0.5) is 8.78 Å². The maximum atomic E-state index is 12.7. The van der Waals surface area contributed by atoms with Gasteiger partial charge in [0, 0.05) is 23.4 Å². The Morgan fingerprint density at radius 1 is 1.53 bits per heavy atom. The fraction of sp³-hybridized carbons (Fsp3) is 0.462. The summed E-state index contributed by atoms with van der Waals surface area (Å²) in [6, 6.07) is 4.56. The SMILES string of the molecule is CCOc1cc(Br)ccc1C(=O)NC1CC(F)(F)C1. The largest absolute Gasteiger partial charge is 0.493 e. The molecule has 0 unspecified atom stereocenters. The van der Waals surface area contributed by atoms with Crippen LogP contribution in [0.1, 0.15) is 30.1 Å². The van der Waals surface area contributed by atoms with E-state index in [-0.39, 0.29) is 18.7 Å². The van der Waals surface area contributed by atoms with E-state index in [0.717, 1.165) is 4.47 Å². The third-order valence-corrected chi connectivity index (χ3v) is 3.41. The predicted molar refractivity (Wildman–Crippen MR) is 70.7 cm³/mol. The smallest absolute Gasteiger partial charge is 0.255 e. The van der Waals surface area contributed by atoms with Crippen molar-refractivity contribution in [2.75, 3.05) is 6.61 Å². The Hall–Kier alpha value is -1.17. The van der Waals surface area contributed by atoms with Crippen molar-refractivity contribution in [3.63, 3.8) is 0 Å². The zero-order chi connectivity index (χ0) is 14.0. The van der Waals surface area contributed by atoms with E-state index >= 15 is 0 Å². The Balaban J connectivity index is 2.06. The highest BCUT2D eigenvalue weighted by Gasteiger charge is 2.46. The van der Waals surface area contributed by atoms with Crippen LogP contribution in [0.25, 0.3) is 0 Å². The molecule has 1 saturated carbocycles. The molecule has 1 N–H and O–H groups in total. The van der Waals surface area contributed by atoms with Gasteiger partial charge >= 0.3 is 0 Å². The Kier molecular flexibility index (Phi) is 4.08. The molecule has 0 radical (unpaired) electrons. The molecular formula is C13H14BrF2NO2. The molecule has 1 aliphatic rings. The fourth-order valence-electron chi connectivity index (χ4n) is 1.99. The fourth-order valence-corrected chi connectivity index (χ4v) is 2.33. The minimum atomic E-state index is -2.64. The molecule has 0 aliphatic heterocycles. The number of carbonyl (C=O) groups is 1. The molecular weight excluding hydrogens is 320 g/mol. The van der Waals surface area contributed by atoms with Gasteiger partial charge in [-0.15, -0.1) is 0 Å². The normalized spacial score (nSPS) is 17.7. The van der Waals surface area contributed by atoms with Crippen molar-refractivity contribution in [2.45, 2.75) is 31.7 Å². The molecule has 1 amide bonds. The molecule has 0 spiro atoms. The third-order valence-electron chi connectivity index (χ3n) is 2.91. The lowest BCUT2D eigenvalue weighted by molar-refractivity contribution is -0.0901. The molecule has 1 aliphatic carbocycles. The molecule has 0 aromatic heterocycles. The first-order chi connectivity index (χ1) is 8.91. The van der Waals surface area contributed by atoms with E-state index in [2.05, 4.69) is 21.2 Å². The van der Waals surface area contributed by atoms with Crippen LogP contribution in [0.5, 0.6) is 5.75 Å². The second-order valence-electron chi connectivity index (χ2n) is 4.51. The van der Waals surface area contributed by atoms with E-state index in [1.807, 2.05) is 6.92 Å². The Morgan fingerprint density at radius 2 is 2.21 bits per heavy atom. The lowest BCUT2D eigenvalue weighted by Crippen LogP contribution is -2.50. The van der Waals surface area contributed by atoms with E-state index in [0.29, 0.717) is 17.9 Å². The van der Waals surface area contributed by atoms with Crippen LogP contribution in [0, 0.1) is 0 Å². The predicted octanol–water partition coefficient (Wildman–Crippen LogP) is 3.38. The maximum Gasteiger partial charge on any atom is 0.255 e. The molecule has 1 aromatic carbocycles. The molecule has 0 heterocycles. The molecule has 104 valence electrons. The number of hydrogen-bond acceptors (Lipinski definition) is 2. The summed E-state index contributed by atoms with van der Waals surface area (Å²) in [5.74, 6) is -2.57. The van der Waals surface area contributed by atoms with Crippen molar-refractivity contribution in [2.24, 2.45) is 0 Å². The molecule has 0 saturated heterocycles. The Labute approximate surface area is 118 Å². The molecule has 1 aromatic rings. The minimum absolute atomic E-state index is 0.292. The van der Waals surface area contributed by atoms with Crippen LogP contribution in [-0.4, -0.2) is 24.5 Å². The van der Waals surface area contributed by atoms with Gasteiger partial charge in [-0.1, -0.05) is 15.9 Å². The van der Waals surface area contributed by atoms with Gasteiger partial charge in [-0.3, -0.25) is 4.79 Å². The first kappa shape index (κ1) is 14.2. The summed E-state index contributed by atoms with van der Waals surface area (Å²) in [5.41, 5.74) is 0.361. The summed E-state index contributed by atoms with van der Waals surface area (Å²) in [6.45, 7) is 2.24. The van der Waals surface area contributed by atoms with Crippen molar-refractivity contribution in [1.82, 2.24) is 5.32 Å². The van der Waals surface area contributed by atoms with E-state index in [1.165, 1.54) is 0 Å². The monoisotopic (exact) mass is 333 g/mol. The van der Waals surface area contributed by atoms with Crippen LogP contribution in [0.3, 0.4) is 0 Å². The topological polar surface area (TPSA) is 38.3 Å². The first-order valence-corrected chi connectivity index (χ1v) is 6.81. The van der Waals surface area contributed by atoms with Crippen molar-refractivity contribution >= 4 is 21.8 Å². The summed E-state index contributed by atoms with van der Waals surface area (Å²) in [7, 11) is 0. The van der Waals surface area contributed by atoms with Gasteiger partial charge in [0.05, 0.1) is 12.2 Å². The van der Waals surface area contributed by atoms with Crippen LogP contribution in [0.15, 0.2) is 22.7 Å². The van der Waals surface area contributed by atoms with Gasteiger partial charge in [-0.25, -0.2) is 8.78 Å². The lowest BCUT2D eigenvalue weighted by Gasteiger charge is -2.35. The highest BCUT2D eigenvalue weighted by Crippen LogP contribution is 2.37.